The first-order valence-corrected chi connectivity index (χ1v) is 7.23. The van der Waals surface area contributed by atoms with Gasteiger partial charge in [-0.05, 0) is 47.1 Å². The number of hydrogen-bond acceptors (Lipinski definition) is 2. The minimum absolute atomic E-state index is 0.442. The normalized spacial score (nSPS) is 10.9. The van der Waals surface area contributed by atoms with Gasteiger partial charge in [0, 0.05) is 16.1 Å². The lowest BCUT2D eigenvalue weighted by Gasteiger charge is -2.14. The van der Waals surface area contributed by atoms with Crippen LogP contribution >= 0.6 is 15.9 Å². The van der Waals surface area contributed by atoms with Gasteiger partial charge in [-0.2, -0.15) is 0 Å². The molecule has 1 aromatic heterocycles. The zero-order chi connectivity index (χ0) is 15.4. The Kier molecular flexibility index (Phi) is 5.12. The number of alkyl halides is 2. The number of hydrogen-bond donors (Lipinski definition) is 0. The van der Waals surface area contributed by atoms with Crippen LogP contribution in [0.15, 0.2) is 45.7 Å². The van der Waals surface area contributed by atoms with Gasteiger partial charge in [-0.1, -0.05) is 6.07 Å². The van der Waals surface area contributed by atoms with Gasteiger partial charge in [0.05, 0.1) is 18.8 Å². The molecule has 0 radical (unpaired) electrons. The first-order chi connectivity index (χ1) is 10.0. The molecule has 0 N–H and O–H groups in total. The predicted octanol–water partition coefficient (Wildman–Crippen LogP) is 3.94. The summed E-state index contributed by atoms with van der Waals surface area (Å²) in [6.07, 6.45) is -2.59. The fraction of sp³-hybridized carbons (Fsp3) is 0.267. The average molecular weight is 358 g/mol. The molecule has 0 atom stereocenters. The lowest BCUT2D eigenvalue weighted by Crippen LogP contribution is -2.23. The van der Waals surface area contributed by atoms with Gasteiger partial charge in [-0.25, -0.2) is 8.78 Å². The molecule has 0 spiro atoms. The van der Waals surface area contributed by atoms with E-state index in [1.807, 2.05) is 6.92 Å². The maximum atomic E-state index is 12.7. The van der Waals surface area contributed by atoms with E-state index in [9.17, 15) is 13.6 Å². The number of rotatable bonds is 5. The highest BCUT2D eigenvalue weighted by Crippen LogP contribution is 2.31. The van der Waals surface area contributed by atoms with Gasteiger partial charge in [-0.15, -0.1) is 0 Å². The first kappa shape index (κ1) is 15.7. The SMILES string of the molecule is CCOc1ccc(-c2cccc(=O)n2CC(F)F)c(Br)c1. The van der Waals surface area contributed by atoms with Gasteiger partial charge >= 0.3 is 0 Å². The van der Waals surface area contributed by atoms with E-state index in [0.717, 1.165) is 4.57 Å². The molecule has 2 aromatic rings. The third kappa shape index (κ3) is 3.69. The van der Waals surface area contributed by atoms with Crippen LogP contribution in [0.4, 0.5) is 8.78 Å². The Labute approximate surface area is 129 Å². The second kappa shape index (κ2) is 6.85. The van der Waals surface area contributed by atoms with Gasteiger partial charge in [0.2, 0.25) is 0 Å². The predicted molar refractivity (Wildman–Crippen MR) is 81.0 cm³/mol. The highest BCUT2D eigenvalue weighted by atomic mass is 79.9. The monoisotopic (exact) mass is 357 g/mol. The summed E-state index contributed by atoms with van der Waals surface area (Å²) in [5, 5.41) is 0. The van der Waals surface area contributed by atoms with Crippen LogP contribution in [0, 0.1) is 0 Å². The maximum absolute atomic E-state index is 12.7. The van der Waals surface area contributed by atoms with Crippen molar-refractivity contribution in [2.75, 3.05) is 6.61 Å². The first-order valence-electron chi connectivity index (χ1n) is 6.43. The van der Waals surface area contributed by atoms with Gasteiger partial charge in [0.25, 0.3) is 12.0 Å². The standard InChI is InChI=1S/C15H14BrF2NO2/c1-2-21-10-6-7-11(12(16)8-10)13-4-3-5-15(20)19(13)9-14(17)18/h3-8,14H,2,9H2,1H3. The van der Waals surface area contributed by atoms with Gasteiger partial charge < -0.3 is 9.30 Å². The minimum Gasteiger partial charge on any atom is -0.494 e. The summed E-state index contributed by atoms with van der Waals surface area (Å²) in [5.74, 6) is 0.673. The van der Waals surface area contributed by atoms with Crippen LogP contribution in [0.5, 0.6) is 5.75 Å². The molecule has 0 aliphatic carbocycles. The van der Waals surface area contributed by atoms with Crippen LogP contribution in [0.3, 0.4) is 0 Å². The molecule has 0 unspecified atom stereocenters. The van der Waals surface area contributed by atoms with Crippen molar-refractivity contribution in [3.05, 3.63) is 51.2 Å². The van der Waals surface area contributed by atoms with E-state index in [4.69, 9.17) is 4.74 Å². The second-order valence-corrected chi connectivity index (χ2v) is 5.18. The molecule has 2 rings (SSSR count). The number of halogens is 3. The summed E-state index contributed by atoms with van der Waals surface area (Å²) in [6.45, 7) is 1.78. The zero-order valence-corrected chi connectivity index (χ0v) is 12.9. The molecule has 0 aliphatic heterocycles. The minimum atomic E-state index is -2.59. The zero-order valence-electron chi connectivity index (χ0n) is 11.4. The number of pyridine rings is 1. The lowest BCUT2D eigenvalue weighted by molar-refractivity contribution is 0.126. The van der Waals surface area contributed by atoms with Gasteiger partial charge in [0.15, 0.2) is 0 Å². The summed E-state index contributed by atoms with van der Waals surface area (Å²) in [7, 11) is 0. The summed E-state index contributed by atoms with van der Waals surface area (Å²) in [4.78, 5) is 11.8. The molecule has 0 bridgehead atoms. The van der Waals surface area contributed by atoms with Crippen molar-refractivity contribution in [1.29, 1.82) is 0 Å². The van der Waals surface area contributed by atoms with E-state index < -0.39 is 18.5 Å². The molecule has 6 heteroatoms. The number of ether oxygens (including phenoxy) is 1. The maximum Gasteiger partial charge on any atom is 0.256 e. The molecule has 1 aromatic carbocycles. The van der Waals surface area contributed by atoms with Gasteiger partial charge in [0.1, 0.15) is 5.75 Å². The van der Waals surface area contributed by atoms with Crippen molar-refractivity contribution < 1.29 is 13.5 Å². The second-order valence-electron chi connectivity index (χ2n) is 4.33. The van der Waals surface area contributed by atoms with Crippen LogP contribution in [0.2, 0.25) is 0 Å². The Bertz CT molecular complexity index is 686. The molecule has 0 saturated carbocycles. The van der Waals surface area contributed by atoms with E-state index in [0.29, 0.717) is 28.1 Å². The molecular formula is C15H14BrF2NO2. The number of aromatic nitrogens is 1. The Morgan fingerprint density at radius 2 is 2.05 bits per heavy atom. The molecule has 3 nitrogen and oxygen atoms in total. The highest BCUT2D eigenvalue weighted by molar-refractivity contribution is 9.10. The summed E-state index contributed by atoms with van der Waals surface area (Å²) >= 11 is 3.40. The number of benzene rings is 1. The average Bonchev–Trinajstić information content (AvgIpc) is 2.42. The van der Waals surface area contributed by atoms with E-state index in [1.54, 1.807) is 30.3 Å². The fourth-order valence-electron chi connectivity index (χ4n) is 2.04. The van der Waals surface area contributed by atoms with Crippen LogP contribution in [-0.4, -0.2) is 17.6 Å². The van der Waals surface area contributed by atoms with Crippen LogP contribution in [0.25, 0.3) is 11.3 Å². The van der Waals surface area contributed by atoms with Crippen molar-refractivity contribution in [2.45, 2.75) is 19.9 Å². The Morgan fingerprint density at radius 1 is 1.29 bits per heavy atom. The fourth-order valence-corrected chi connectivity index (χ4v) is 2.60. The third-order valence-electron chi connectivity index (χ3n) is 2.90. The molecule has 0 saturated heterocycles. The molecule has 112 valence electrons. The van der Waals surface area contributed by atoms with E-state index >= 15 is 0 Å². The van der Waals surface area contributed by atoms with Crippen molar-refractivity contribution in [3.8, 4) is 17.0 Å². The van der Waals surface area contributed by atoms with Crippen LogP contribution in [0.1, 0.15) is 6.92 Å². The summed E-state index contributed by atoms with van der Waals surface area (Å²) in [5.41, 5.74) is 0.656. The smallest absolute Gasteiger partial charge is 0.256 e. The summed E-state index contributed by atoms with van der Waals surface area (Å²) in [6, 6.07) is 9.71. The molecule has 0 amide bonds. The largest absolute Gasteiger partial charge is 0.494 e. The molecule has 1 heterocycles. The Morgan fingerprint density at radius 3 is 2.67 bits per heavy atom. The number of nitrogens with zero attached hydrogens (tertiary/aromatic N) is 1. The Hall–Kier alpha value is -1.69. The Balaban J connectivity index is 2.51. The third-order valence-corrected chi connectivity index (χ3v) is 3.55. The highest BCUT2D eigenvalue weighted by Gasteiger charge is 2.13. The molecule has 0 aliphatic rings. The quantitative estimate of drug-likeness (QED) is 0.811. The van der Waals surface area contributed by atoms with E-state index in [2.05, 4.69) is 15.9 Å². The van der Waals surface area contributed by atoms with Crippen molar-refractivity contribution in [1.82, 2.24) is 4.57 Å². The van der Waals surface area contributed by atoms with Crippen molar-refractivity contribution >= 4 is 15.9 Å². The van der Waals surface area contributed by atoms with Crippen molar-refractivity contribution in [3.63, 3.8) is 0 Å². The van der Waals surface area contributed by atoms with Crippen molar-refractivity contribution in [2.24, 2.45) is 0 Å². The molecule has 21 heavy (non-hydrogen) atoms. The molecular weight excluding hydrogens is 344 g/mol. The van der Waals surface area contributed by atoms with Crippen LogP contribution < -0.4 is 10.3 Å². The molecule has 0 fully saturated rings. The van der Waals surface area contributed by atoms with E-state index in [-0.39, 0.29) is 0 Å². The van der Waals surface area contributed by atoms with Gasteiger partial charge in [-0.3, -0.25) is 4.79 Å². The van der Waals surface area contributed by atoms with E-state index in [1.165, 1.54) is 6.07 Å². The van der Waals surface area contributed by atoms with Crippen LogP contribution in [-0.2, 0) is 6.54 Å². The summed E-state index contributed by atoms with van der Waals surface area (Å²) < 4.78 is 32.5. The topological polar surface area (TPSA) is 31.2 Å². The lowest BCUT2D eigenvalue weighted by atomic mass is 10.1.